The van der Waals surface area contributed by atoms with Crippen molar-refractivity contribution < 1.29 is 19.2 Å². The third-order valence-corrected chi connectivity index (χ3v) is 2.13. The Bertz CT molecular complexity index is 284. The van der Waals surface area contributed by atoms with Crippen LogP contribution in [0.5, 0.6) is 0 Å². The van der Waals surface area contributed by atoms with Gasteiger partial charge >= 0.3 is 0 Å². The van der Waals surface area contributed by atoms with E-state index in [0.717, 1.165) is 0 Å². The van der Waals surface area contributed by atoms with Crippen molar-refractivity contribution in [2.75, 3.05) is 0 Å². The summed E-state index contributed by atoms with van der Waals surface area (Å²) in [4.78, 5) is 42.1. The van der Waals surface area contributed by atoms with E-state index in [-0.39, 0.29) is 47.8 Å². The summed E-state index contributed by atoms with van der Waals surface area (Å²) in [5.74, 6) is -0.0669. The zero-order chi connectivity index (χ0) is 14.9. The summed E-state index contributed by atoms with van der Waals surface area (Å²) in [6.07, 6.45) is 0.190. The lowest BCUT2D eigenvalue weighted by atomic mass is 9.98. The van der Waals surface area contributed by atoms with Crippen LogP contribution in [0.3, 0.4) is 0 Å². The quantitative estimate of drug-likeness (QED) is 0.684. The number of ketones is 4. The first kappa shape index (κ1) is 19.0. The third kappa shape index (κ3) is 12.7. The van der Waals surface area contributed by atoms with Crippen molar-refractivity contribution >= 4 is 23.1 Å². The molecular formula is C14H24O4. The van der Waals surface area contributed by atoms with Gasteiger partial charge in [-0.1, -0.05) is 27.7 Å². The van der Waals surface area contributed by atoms with Gasteiger partial charge in [0.25, 0.3) is 0 Å². The van der Waals surface area contributed by atoms with E-state index in [1.807, 2.05) is 27.7 Å². The minimum absolute atomic E-state index is 0.0160. The summed E-state index contributed by atoms with van der Waals surface area (Å²) in [7, 11) is 0. The maximum absolute atomic E-state index is 11.0. The van der Waals surface area contributed by atoms with E-state index in [1.165, 1.54) is 13.8 Å². The van der Waals surface area contributed by atoms with Gasteiger partial charge in [0.1, 0.15) is 23.1 Å². The highest BCUT2D eigenvalue weighted by Gasteiger charge is 2.14. The lowest BCUT2D eigenvalue weighted by Gasteiger charge is -2.04. The molecule has 0 saturated carbocycles. The smallest absolute Gasteiger partial charge is 0.142 e. The van der Waals surface area contributed by atoms with Crippen molar-refractivity contribution in [1.82, 2.24) is 0 Å². The molecule has 18 heavy (non-hydrogen) atoms. The Kier molecular flexibility index (Phi) is 10.2. The molecule has 0 aromatic rings. The lowest BCUT2D eigenvalue weighted by molar-refractivity contribution is -0.130. The molecule has 0 spiro atoms. The van der Waals surface area contributed by atoms with Gasteiger partial charge in [-0.05, 0) is 13.8 Å². The van der Waals surface area contributed by atoms with Crippen LogP contribution in [0.15, 0.2) is 0 Å². The van der Waals surface area contributed by atoms with Crippen LogP contribution in [0.2, 0.25) is 0 Å². The zero-order valence-corrected chi connectivity index (χ0v) is 12.2. The zero-order valence-electron chi connectivity index (χ0n) is 12.2. The molecule has 0 amide bonds. The minimum Gasteiger partial charge on any atom is -0.300 e. The first-order chi connectivity index (χ1) is 8.07. The Labute approximate surface area is 109 Å². The Morgan fingerprint density at radius 1 is 0.667 bits per heavy atom. The van der Waals surface area contributed by atoms with Crippen molar-refractivity contribution in [2.45, 2.75) is 54.4 Å². The van der Waals surface area contributed by atoms with Crippen LogP contribution in [0.1, 0.15) is 54.4 Å². The maximum Gasteiger partial charge on any atom is 0.142 e. The summed E-state index contributed by atoms with van der Waals surface area (Å²) < 4.78 is 0. The summed E-state index contributed by atoms with van der Waals surface area (Å²) in [5.41, 5.74) is 0. The SMILES string of the molecule is CC(=O)CC(C)=O.CC(C)C(=O)CC(=O)C(C)C. The molecule has 0 aliphatic rings. The van der Waals surface area contributed by atoms with Gasteiger partial charge < -0.3 is 0 Å². The third-order valence-electron chi connectivity index (χ3n) is 2.13. The topological polar surface area (TPSA) is 68.3 Å². The Balaban J connectivity index is 0. The van der Waals surface area contributed by atoms with Crippen molar-refractivity contribution in [2.24, 2.45) is 11.8 Å². The second-order valence-electron chi connectivity index (χ2n) is 5.00. The summed E-state index contributed by atoms with van der Waals surface area (Å²) in [6, 6.07) is 0. The first-order valence-corrected chi connectivity index (χ1v) is 6.12. The van der Waals surface area contributed by atoms with Gasteiger partial charge in [-0.15, -0.1) is 0 Å². The molecule has 0 heterocycles. The van der Waals surface area contributed by atoms with E-state index < -0.39 is 0 Å². The van der Waals surface area contributed by atoms with Gasteiger partial charge in [0.15, 0.2) is 0 Å². The standard InChI is InChI=1S/C9H16O2.C5H8O2/c1-6(2)8(10)5-9(11)7(3)4;1-4(6)3-5(2)7/h6-7H,5H2,1-4H3;3H2,1-2H3. The van der Waals surface area contributed by atoms with Gasteiger partial charge in [0.2, 0.25) is 0 Å². The Morgan fingerprint density at radius 3 is 1.06 bits per heavy atom. The van der Waals surface area contributed by atoms with Crippen LogP contribution in [0.25, 0.3) is 0 Å². The number of carbonyl (C=O) groups excluding carboxylic acids is 4. The molecule has 0 aromatic carbocycles. The van der Waals surface area contributed by atoms with Crippen LogP contribution in [-0.2, 0) is 19.2 Å². The molecule has 0 aliphatic carbocycles. The number of hydrogen-bond donors (Lipinski definition) is 0. The van der Waals surface area contributed by atoms with Crippen LogP contribution < -0.4 is 0 Å². The predicted molar refractivity (Wildman–Crippen MR) is 70.3 cm³/mol. The Morgan fingerprint density at radius 2 is 0.944 bits per heavy atom. The number of rotatable bonds is 6. The van der Waals surface area contributed by atoms with Gasteiger partial charge in [-0.25, -0.2) is 0 Å². The Hall–Kier alpha value is -1.32. The fourth-order valence-corrected chi connectivity index (χ4v) is 0.931. The molecule has 0 bridgehead atoms. The molecule has 0 rings (SSSR count). The largest absolute Gasteiger partial charge is 0.300 e. The molecule has 0 unspecified atom stereocenters. The fraction of sp³-hybridized carbons (Fsp3) is 0.714. The van der Waals surface area contributed by atoms with Crippen molar-refractivity contribution in [3.8, 4) is 0 Å². The lowest BCUT2D eigenvalue weighted by Crippen LogP contribution is -2.16. The number of carbonyl (C=O) groups is 4. The molecule has 104 valence electrons. The summed E-state index contributed by atoms with van der Waals surface area (Å²) >= 11 is 0. The minimum atomic E-state index is -0.0625. The second-order valence-corrected chi connectivity index (χ2v) is 5.00. The molecule has 4 heteroatoms. The summed E-state index contributed by atoms with van der Waals surface area (Å²) in [6.45, 7) is 10.1. The van der Waals surface area contributed by atoms with Crippen LogP contribution in [-0.4, -0.2) is 23.1 Å². The van der Waals surface area contributed by atoms with E-state index >= 15 is 0 Å². The highest BCUT2D eigenvalue weighted by atomic mass is 16.2. The van der Waals surface area contributed by atoms with E-state index in [2.05, 4.69) is 0 Å². The highest BCUT2D eigenvalue weighted by molar-refractivity contribution is 6.00. The van der Waals surface area contributed by atoms with Gasteiger partial charge in [0.05, 0.1) is 12.8 Å². The van der Waals surface area contributed by atoms with Gasteiger partial charge in [0, 0.05) is 11.8 Å². The molecule has 0 fully saturated rings. The molecule has 0 aromatic heterocycles. The molecule has 0 atom stereocenters. The van der Waals surface area contributed by atoms with Gasteiger partial charge in [-0.3, -0.25) is 19.2 Å². The molecule has 0 aliphatic heterocycles. The predicted octanol–water partition coefficient (Wildman–Crippen LogP) is 2.38. The van der Waals surface area contributed by atoms with Crippen molar-refractivity contribution in [1.29, 1.82) is 0 Å². The average Bonchev–Trinajstić information content (AvgIpc) is 2.15. The maximum atomic E-state index is 11.0. The summed E-state index contributed by atoms with van der Waals surface area (Å²) in [5, 5.41) is 0. The van der Waals surface area contributed by atoms with E-state index in [0.29, 0.717) is 0 Å². The van der Waals surface area contributed by atoms with Crippen LogP contribution in [0.4, 0.5) is 0 Å². The van der Waals surface area contributed by atoms with E-state index in [1.54, 1.807) is 0 Å². The monoisotopic (exact) mass is 256 g/mol. The van der Waals surface area contributed by atoms with E-state index in [4.69, 9.17) is 0 Å². The van der Waals surface area contributed by atoms with Crippen molar-refractivity contribution in [3.63, 3.8) is 0 Å². The first-order valence-electron chi connectivity index (χ1n) is 6.12. The van der Waals surface area contributed by atoms with Crippen molar-refractivity contribution in [3.05, 3.63) is 0 Å². The molecule has 0 radical (unpaired) electrons. The normalized spacial score (nSPS) is 9.78. The average molecular weight is 256 g/mol. The van der Waals surface area contributed by atoms with Gasteiger partial charge in [-0.2, -0.15) is 0 Å². The molecule has 4 nitrogen and oxygen atoms in total. The van der Waals surface area contributed by atoms with Crippen LogP contribution >= 0.6 is 0 Å². The molecule has 0 saturated heterocycles. The van der Waals surface area contributed by atoms with Crippen LogP contribution in [0, 0.1) is 11.8 Å². The number of hydrogen-bond acceptors (Lipinski definition) is 4. The van der Waals surface area contributed by atoms with E-state index in [9.17, 15) is 19.2 Å². The highest BCUT2D eigenvalue weighted by Crippen LogP contribution is 2.04. The molecular weight excluding hydrogens is 232 g/mol. The number of Topliss-reactive ketones (excluding diaryl/α,β-unsaturated/α-hetero) is 4. The fourth-order valence-electron chi connectivity index (χ4n) is 0.931. The molecule has 0 N–H and O–H groups in total. The second kappa shape index (κ2) is 9.68.